The first-order chi connectivity index (χ1) is 9.40. The fourth-order valence-corrected chi connectivity index (χ4v) is 2.60. The minimum Gasteiger partial charge on any atom is -0.444 e. The lowest BCUT2D eigenvalue weighted by molar-refractivity contribution is 0.0240. The molecule has 1 saturated heterocycles. The number of aromatic nitrogens is 1. The minimum atomic E-state index is -0.478. The molecular formula is C13H19N3O3S. The van der Waals surface area contributed by atoms with Crippen molar-refractivity contribution in [3.63, 3.8) is 0 Å². The van der Waals surface area contributed by atoms with E-state index in [1.54, 1.807) is 10.4 Å². The van der Waals surface area contributed by atoms with Gasteiger partial charge in [-0.1, -0.05) is 0 Å². The van der Waals surface area contributed by atoms with E-state index in [-0.39, 0.29) is 6.09 Å². The van der Waals surface area contributed by atoms with Crippen molar-refractivity contribution in [1.29, 1.82) is 0 Å². The zero-order valence-corrected chi connectivity index (χ0v) is 12.8. The lowest BCUT2D eigenvalue weighted by atomic mass is 10.2. The van der Waals surface area contributed by atoms with Crippen LogP contribution in [0.15, 0.2) is 5.51 Å². The number of nitrogens with zero attached hydrogens (tertiary/aromatic N) is 3. The molecule has 2 heterocycles. The molecule has 0 unspecified atom stereocenters. The third kappa shape index (κ3) is 3.47. The van der Waals surface area contributed by atoms with Gasteiger partial charge < -0.3 is 14.5 Å². The van der Waals surface area contributed by atoms with Gasteiger partial charge in [-0.25, -0.2) is 9.78 Å². The molecule has 7 heteroatoms. The zero-order chi connectivity index (χ0) is 14.8. The van der Waals surface area contributed by atoms with Crippen molar-refractivity contribution in [3.8, 4) is 0 Å². The normalized spacial score (nSPS) is 16.1. The first-order valence-corrected chi connectivity index (χ1v) is 7.40. The van der Waals surface area contributed by atoms with Crippen LogP contribution in [0.25, 0.3) is 0 Å². The summed E-state index contributed by atoms with van der Waals surface area (Å²) in [5.74, 6) is 0.717. The molecule has 0 aromatic carbocycles. The van der Waals surface area contributed by atoms with Crippen LogP contribution >= 0.6 is 11.3 Å². The Bertz CT molecular complexity index is 487. The topological polar surface area (TPSA) is 62.7 Å². The molecule has 0 atom stereocenters. The Morgan fingerprint density at radius 1 is 1.35 bits per heavy atom. The van der Waals surface area contributed by atoms with Crippen LogP contribution in [-0.4, -0.2) is 54.0 Å². The summed E-state index contributed by atoms with van der Waals surface area (Å²) in [5.41, 5.74) is 1.19. The molecule has 1 aromatic heterocycles. The van der Waals surface area contributed by atoms with Crippen LogP contribution in [0.1, 0.15) is 30.4 Å². The molecule has 1 aromatic rings. The second-order valence-electron chi connectivity index (χ2n) is 5.61. The maximum absolute atomic E-state index is 11.9. The summed E-state index contributed by atoms with van der Waals surface area (Å²) >= 11 is 1.33. The average molecular weight is 297 g/mol. The monoisotopic (exact) mass is 297 g/mol. The van der Waals surface area contributed by atoms with E-state index in [1.165, 1.54) is 11.3 Å². The zero-order valence-electron chi connectivity index (χ0n) is 12.0. The second kappa shape index (κ2) is 5.78. The van der Waals surface area contributed by atoms with Crippen LogP contribution in [0.5, 0.6) is 0 Å². The molecule has 6 nitrogen and oxygen atoms in total. The Morgan fingerprint density at radius 2 is 2.00 bits per heavy atom. The average Bonchev–Trinajstić information content (AvgIpc) is 2.85. The number of piperazine rings is 1. The molecular weight excluding hydrogens is 278 g/mol. The number of amides is 1. The van der Waals surface area contributed by atoms with E-state index in [2.05, 4.69) is 4.98 Å². The fourth-order valence-electron chi connectivity index (χ4n) is 1.99. The number of anilines is 1. The Kier molecular flexibility index (Phi) is 4.27. The third-order valence-electron chi connectivity index (χ3n) is 2.91. The summed E-state index contributed by atoms with van der Waals surface area (Å²) in [6, 6.07) is 0. The minimum absolute atomic E-state index is 0.286. The SMILES string of the molecule is CC(C)(C)OC(=O)N1CCN(c2ncsc2C=O)CC1. The van der Waals surface area contributed by atoms with Crippen molar-refractivity contribution in [2.24, 2.45) is 0 Å². The van der Waals surface area contributed by atoms with Crippen molar-refractivity contribution >= 4 is 29.5 Å². The number of hydrogen-bond acceptors (Lipinski definition) is 6. The first kappa shape index (κ1) is 14.8. The van der Waals surface area contributed by atoms with Crippen LogP contribution in [0, 0.1) is 0 Å². The number of hydrogen-bond donors (Lipinski definition) is 0. The Hall–Kier alpha value is -1.63. The molecule has 1 aliphatic rings. The number of thiazole rings is 1. The molecule has 0 radical (unpaired) electrons. The summed E-state index contributed by atoms with van der Waals surface area (Å²) in [6.45, 7) is 8.02. The summed E-state index contributed by atoms with van der Waals surface area (Å²) in [5, 5.41) is 0. The molecule has 1 aliphatic heterocycles. The fraction of sp³-hybridized carbons (Fsp3) is 0.615. The van der Waals surface area contributed by atoms with Gasteiger partial charge in [0.15, 0.2) is 6.29 Å². The highest BCUT2D eigenvalue weighted by Crippen LogP contribution is 2.22. The van der Waals surface area contributed by atoms with E-state index in [0.29, 0.717) is 36.9 Å². The molecule has 0 bridgehead atoms. The van der Waals surface area contributed by atoms with Crippen molar-refractivity contribution < 1.29 is 14.3 Å². The molecule has 0 spiro atoms. The van der Waals surface area contributed by atoms with E-state index in [4.69, 9.17) is 4.74 Å². The highest BCUT2D eigenvalue weighted by molar-refractivity contribution is 7.11. The van der Waals surface area contributed by atoms with E-state index >= 15 is 0 Å². The molecule has 2 rings (SSSR count). The number of aldehydes is 1. The van der Waals surface area contributed by atoms with E-state index in [0.717, 1.165) is 6.29 Å². The van der Waals surface area contributed by atoms with Gasteiger partial charge in [0.05, 0.1) is 5.51 Å². The van der Waals surface area contributed by atoms with Crippen LogP contribution in [-0.2, 0) is 4.74 Å². The van der Waals surface area contributed by atoms with Crippen LogP contribution in [0.3, 0.4) is 0 Å². The lowest BCUT2D eigenvalue weighted by Crippen LogP contribution is -2.50. The largest absolute Gasteiger partial charge is 0.444 e. The predicted octanol–water partition coefficient (Wildman–Crippen LogP) is 2.01. The summed E-state index contributed by atoms with van der Waals surface area (Å²) in [4.78, 5) is 31.4. The quantitative estimate of drug-likeness (QED) is 0.781. The lowest BCUT2D eigenvalue weighted by Gasteiger charge is -2.35. The van der Waals surface area contributed by atoms with Gasteiger partial charge in [0, 0.05) is 26.2 Å². The van der Waals surface area contributed by atoms with Gasteiger partial charge >= 0.3 is 6.09 Å². The van der Waals surface area contributed by atoms with Crippen LogP contribution in [0.4, 0.5) is 10.6 Å². The van der Waals surface area contributed by atoms with Crippen LogP contribution < -0.4 is 4.90 Å². The van der Waals surface area contributed by atoms with Gasteiger partial charge in [0.1, 0.15) is 16.3 Å². The number of carbonyl (C=O) groups excluding carboxylic acids is 2. The van der Waals surface area contributed by atoms with Crippen LogP contribution in [0.2, 0.25) is 0 Å². The predicted molar refractivity (Wildman–Crippen MR) is 77.5 cm³/mol. The van der Waals surface area contributed by atoms with Gasteiger partial charge in [-0.2, -0.15) is 0 Å². The van der Waals surface area contributed by atoms with Gasteiger partial charge in [-0.15, -0.1) is 11.3 Å². The van der Waals surface area contributed by atoms with E-state index in [1.807, 2.05) is 25.7 Å². The van der Waals surface area contributed by atoms with Gasteiger partial charge in [0.25, 0.3) is 0 Å². The summed E-state index contributed by atoms with van der Waals surface area (Å²) in [7, 11) is 0. The smallest absolute Gasteiger partial charge is 0.410 e. The number of rotatable bonds is 2. The molecule has 1 fully saturated rings. The molecule has 1 amide bonds. The molecule has 0 aliphatic carbocycles. The number of ether oxygens (including phenoxy) is 1. The van der Waals surface area contributed by atoms with Gasteiger partial charge in [0.2, 0.25) is 0 Å². The second-order valence-corrected chi connectivity index (χ2v) is 6.50. The molecule has 110 valence electrons. The maximum Gasteiger partial charge on any atom is 0.410 e. The number of carbonyl (C=O) groups is 2. The van der Waals surface area contributed by atoms with Crippen molar-refractivity contribution in [2.45, 2.75) is 26.4 Å². The Balaban J connectivity index is 1.93. The summed E-state index contributed by atoms with van der Waals surface area (Å²) < 4.78 is 5.35. The van der Waals surface area contributed by atoms with Crippen molar-refractivity contribution in [3.05, 3.63) is 10.4 Å². The standard InChI is InChI=1S/C13H19N3O3S/c1-13(2,3)19-12(18)16-6-4-15(5-7-16)11-10(8-17)20-9-14-11/h8-9H,4-7H2,1-3H3. The maximum atomic E-state index is 11.9. The Morgan fingerprint density at radius 3 is 2.55 bits per heavy atom. The molecule has 0 saturated carbocycles. The third-order valence-corrected chi connectivity index (χ3v) is 3.66. The van der Waals surface area contributed by atoms with Gasteiger partial charge in [-0.05, 0) is 20.8 Å². The van der Waals surface area contributed by atoms with Crippen molar-refractivity contribution in [1.82, 2.24) is 9.88 Å². The Labute approximate surface area is 122 Å². The van der Waals surface area contributed by atoms with Gasteiger partial charge in [-0.3, -0.25) is 4.79 Å². The van der Waals surface area contributed by atoms with Crippen molar-refractivity contribution in [2.75, 3.05) is 31.1 Å². The highest BCUT2D eigenvalue weighted by Gasteiger charge is 2.27. The molecule has 20 heavy (non-hydrogen) atoms. The van der Waals surface area contributed by atoms with E-state index < -0.39 is 5.60 Å². The molecule has 0 N–H and O–H groups in total. The van der Waals surface area contributed by atoms with E-state index in [9.17, 15) is 9.59 Å². The summed E-state index contributed by atoms with van der Waals surface area (Å²) in [6.07, 6.45) is 0.541. The first-order valence-electron chi connectivity index (χ1n) is 6.52. The highest BCUT2D eigenvalue weighted by atomic mass is 32.1.